The molecule has 1 aromatic rings. The standard InChI is InChI=1S/C16H21F3N6O2/c17-16(18,19)13-21-9-25(22-13)5-10-3-15(4-10)7-24(8-15)14(27)23-2-1-11(6-23)12(20)26/h9-11H,1-8H2,(H2,20,26)/t11-/m0/s1. The van der Waals surface area contributed by atoms with E-state index in [4.69, 9.17) is 5.73 Å². The van der Waals surface area contributed by atoms with Gasteiger partial charge in [0.25, 0.3) is 5.82 Å². The maximum Gasteiger partial charge on any atom is 0.453 e. The molecule has 1 aliphatic carbocycles. The summed E-state index contributed by atoms with van der Waals surface area (Å²) in [5.74, 6) is -1.50. The monoisotopic (exact) mass is 386 g/mol. The third-order valence-corrected chi connectivity index (χ3v) is 5.86. The van der Waals surface area contributed by atoms with Crippen molar-refractivity contribution in [2.45, 2.75) is 32.0 Å². The molecule has 1 saturated carbocycles. The highest BCUT2D eigenvalue weighted by Crippen LogP contribution is 2.52. The van der Waals surface area contributed by atoms with E-state index in [1.54, 1.807) is 9.80 Å². The minimum Gasteiger partial charge on any atom is -0.369 e. The molecule has 3 amide bonds. The van der Waals surface area contributed by atoms with Crippen molar-refractivity contribution in [3.63, 3.8) is 0 Å². The third-order valence-electron chi connectivity index (χ3n) is 5.86. The van der Waals surface area contributed by atoms with Gasteiger partial charge in [0.15, 0.2) is 0 Å². The highest BCUT2D eigenvalue weighted by atomic mass is 19.4. The lowest BCUT2D eigenvalue weighted by molar-refractivity contribution is -0.145. The summed E-state index contributed by atoms with van der Waals surface area (Å²) in [4.78, 5) is 30.4. The molecule has 8 nitrogen and oxygen atoms in total. The van der Waals surface area contributed by atoms with Crippen LogP contribution in [0.4, 0.5) is 18.0 Å². The molecule has 3 fully saturated rings. The fourth-order valence-corrected chi connectivity index (χ4v) is 4.59. The van der Waals surface area contributed by atoms with E-state index in [2.05, 4.69) is 10.1 Å². The number of primary amides is 1. The van der Waals surface area contributed by atoms with Crippen molar-refractivity contribution >= 4 is 11.9 Å². The molecule has 0 radical (unpaired) electrons. The van der Waals surface area contributed by atoms with Gasteiger partial charge in [-0.15, -0.1) is 5.10 Å². The van der Waals surface area contributed by atoms with Crippen LogP contribution in [0.5, 0.6) is 0 Å². The van der Waals surface area contributed by atoms with Crippen LogP contribution in [-0.2, 0) is 17.5 Å². The number of amides is 3. The Morgan fingerprint density at radius 1 is 1.26 bits per heavy atom. The van der Waals surface area contributed by atoms with Crippen LogP contribution in [0.15, 0.2) is 6.33 Å². The van der Waals surface area contributed by atoms with Crippen LogP contribution in [0.2, 0.25) is 0 Å². The van der Waals surface area contributed by atoms with Crippen LogP contribution in [-0.4, -0.2) is 62.7 Å². The molecule has 2 N–H and O–H groups in total. The first-order valence-corrected chi connectivity index (χ1v) is 8.95. The zero-order valence-electron chi connectivity index (χ0n) is 14.7. The Bertz CT molecular complexity index is 750. The van der Waals surface area contributed by atoms with Gasteiger partial charge < -0.3 is 15.5 Å². The normalized spacial score (nSPS) is 24.8. The quantitative estimate of drug-likeness (QED) is 0.836. The Morgan fingerprint density at radius 3 is 2.52 bits per heavy atom. The Hall–Kier alpha value is -2.33. The first-order valence-electron chi connectivity index (χ1n) is 8.95. The van der Waals surface area contributed by atoms with Gasteiger partial charge in [-0.2, -0.15) is 13.2 Å². The second kappa shape index (κ2) is 6.10. The number of rotatable bonds is 3. The predicted molar refractivity (Wildman–Crippen MR) is 86.0 cm³/mol. The average Bonchev–Trinajstić information content (AvgIpc) is 3.16. The van der Waals surface area contributed by atoms with Crippen LogP contribution in [0.25, 0.3) is 0 Å². The Morgan fingerprint density at radius 2 is 1.96 bits per heavy atom. The van der Waals surface area contributed by atoms with Crippen molar-refractivity contribution in [2.75, 3.05) is 26.2 Å². The molecule has 0 bridgehead atoms. The molecule has 1 atom stereocenters. The lowest BCUT2D eigenvalue weighted by Gasteiger charge is -2.59. The van der Waals surface area contributed by atoms with Gasteiger partial charge in [-0.3, -0.25) is 9.48 Å². The van der Waals surface area contributed by atoms with E-state index in [1.807, 2.05) is 0 Å². The molecule has 2 aliphatic heterocycles. The average molecular weight is 386 g/mol. The molecule has 0 aromatic carbocycles. The summed E-state index contributed by atoms with van der Waals surface area (Å²) >= 11 is 0. The molecule has 3 heterocycles. The number of nitrogens with zero attached hydrogens (tertiary/aromatic N) is 5. The van der Waals surface area contributed by atoms with Gasteiger partial charge in [-0.1, -0.05) is 0 Å². The van der Waals surface area contributed by atoms with Gasteiger partial charge in [-0.25, -0.2) is 9.78 Å². The molecular formula is C16H21F3N6O2. The van der Waals surface area contributed by atoms with Gasteiger partial charge in [0.1, 0.15) is 6.33 Å². The largest absolute Gasteiger partial charge is 0.453 e. The minimum atomic E-state index is -4.52. The van der Waals surface area contributed by atoms with Crippen LogP contribution in [0.1, 0.15) is 25.1 Å². The zero-order valence-corrected chi connectivity index (χ0v) is 14.7. The summed E-state index contributed by atoms with van der Waals surface area (Å²) in [6, 6.07) is -0.0566. The summed E-state index contributed by atoms with van der Waals surface area (Å²) in [6.45, 7) is 2.65. The third kappa shape index (κ3) is 3.34. The predicted octanol–water partition coefficient (Wildman–Crippen LogP) is 0.936. The van der Waals surface area contributed by atoms with Gasteiger partial charge in [0.2, 0.25) is 5.91 Å². The number of urea groups is 1. The Kier molecular flexibility index (Phi) is 4.08. The van der Waals surface area contributed by atoms with Crippen molar-refractivity contribution in [2.24, 2.45) is 23.0 Å². The summed E-state index contributed by atoms with van der Waals surface area (Å²) < 4.78 is 38.8. The molecule has 4 rings (SSSR count). The van der Waals surface area contributed by atoms with E-state index in [0.717, 1.165) is 19.2 Å². The fourth-order valence-electron chi connectivity index (χ4n) is 4.59. The molecule has 1 spiro atoms. The summed E-state index contributed by atoms with van der Waals surface area (Å²) in [5.41, 5.74) is 5.38. The number of aromatic nitrogens is 3. The van der Waals surface area contributed by atoms with Crippen molar-refractivity contribution in [3.05, 3.63) is 12.2 Å². The van der Waals surface area contributed by atoms with Crippen molar-refractivity contribution in [1.29, 1.82) is 0 Å². The second-order valence-electron chi connectivity index (χ2n) is 8.03. The fraction of sp³-hybridized carbons (Fsp3) is 0.750. The first-order chi connectivity index (χ1) is 12.7. The van der Waals surface area contributed by atoms with E-state index in [9.17, 15) is 22.8 Å². The molecule has 148 valence electrons. The van der Waals surface area contributed by atoms with E-state index >= 15 is 0 Å². The SMILES string of the molecule is NC(=O)[C@H]1CCN(C(=O)N2CC3(CC(Cn4cnc(C(F)(F)F)n4)C3)C2)C1. The van der Waals surface area contributed by atoms with E-state index < -0.39 is 12.0 Å². The number of hydrogen-bond acceptors (Lipinski definition) is 4. The topological polar surface area (TPSA) is 97.3 Å². The molecule has 3 aliphatic rings. The first kappa shape index (κ1) is 18.1. The van der Waals surface area contributed by atoms with Crippen molar-refractivity contribution < 1.29 is 22.8 Å². The molecule has 1 aromatic heterocycles. The Labute approximate surface area is 153 Å². The number of nitrogens with two attached hydrogens (primary N) is 1. The number of hydrogen-bond donors (Lipinski definition) is 1. The number of likely N-dealkylation sites (tertiary alicyclic amines) is 2. The van der Waals surface area contributed by atoms with Gasteiger partial charge >= 0.3 is 12.2 Å². The summed E-state index contributed by atoms with van der Waals surface area (Å²) in [5, 5.41) is 3.48. The molecular weight excluding hydrogens is 365 g/mol. The Balaban J connectivity index is 1.23. The van der Waals surface area contributed by atoms with Crippen LogP contribution in [0.3, 0.4) is 0 Å². The lowest BCUT2D eigenvalue weighted by atomic mass is 9.58. The minimum absolute atomic E-state index is 0.0566. The number of carbonyl (C=O) groups excluding carboxylic acids is 2. The van der Waals surface area contributed by atoms with E-state index in [-0.39, 0.29) is 29.2 Å². The highest BCUT2D eigenvalue weighted by Gasteiger charge is 2.54. The number of alkyl halides is 3. The van der Waals surface area contributed by atoms with Gasteiger partial charge in [0.05, 0.1) is 5.92 Å². The maximum absolute atomic E-state index is 12.5. The van der Waals surface area contributed by atoms with Crippen molar-refractivity contribution in [1.82, 2.24) is 24.6 Å². The van der Waals surface area contributed by atoms with E-state index in [0.29, 0.717) is 39.1 Å². The number of halogens is 3. The molecule has 2 saturated heterocycles. The summed E-state index contributed by atoms with van der Waals surface area (Å²) in [7, 11) is 0. The van der Waals surface area contributed by atoms with Gasteiger partial charge in [0, 0.05) is 38.1 Å². The smallest absolute Gasteiger partial charge is 0.369 e. The zero-order chi connectivity index (χ0) is 19.4. The van der Waals surface area contributed by atoms with Crippen molar-refractivity contribution in [3.8, 4) is 0 Å². The second-order valence-corrected chi connectivity index (χ2v) is 8.03. The van der Waals surface area contributed by atoms with Crippen LogP contribution in [0, 0.1) is 17.3 Å². The molecule has 0 unspecified atom stereocenters. The summed E-state index contributed by atoms with van der Waals surface area (Å²) in [6.07, 6.45) is -1.07. The maximum atomic E-state index is 12.5. The molecule has 27 heavy (non-hydrogen) atoms. The van der Waals surface area contributed by atoms with Crippen LogP contribution < -0.4 is 5.73 Å². The number of carbonyl (C=O) groups is 2. The van der Waals surface area contributed by atoms with Gasteiger partial charge in [-0.05, 0) is 25.2 Å². The lowest BCUT2D eigenvalue weighted by Crippen LogP contribution is -2.65. The highest BCUT2D eigenvalue weighted by molar-refractivity contribution is 5.80. The van der Waals surface area contributed by atoms with Crippen LogP contribution >= 0.6 is 0 Å². The molecule has 11 heteroatoms. The van der Waals surface area contributed by atoms with E-state index in [1.165, 1.54) is 4.68 Å².